The van der Waals surface area contributed by atoms with E-state index < -0.39 is 0 Å². The zero-order chi connectivity index (χ0) is 33.8. The molecule has 1 aliphatic heterocycles. The Morgan fingerprint density at radius 1 is 0.490 bits per heavy atom. The molecule has 0 amide bonds. The zero-order valence-corrected chi connectivity index (χ0v) is 29.5. The van der Waals surface area contributed by atoms with Crippen molar-refractivity contribution in [2.75, 3.05) is 4.90 Å². The number of hydrogen-bond donors (Lipinski definition) is 0. The van der Waals surface area contributed by atoms with E-state index in [9.17, 15) is 0 Å². The smallest absolute Gasteiger partial charge is 0.0540 e. The molecular weight excluding hydrogens is 635 g/mol. The number of nitrogens with zero attached hydrogens (tertiary/aromatic N) is 1. The van der Waals surface area contributed by atoms with Gasteiger partial charge in [-0.1, -0.05) is 135 Å². The first-order valence-corrected chi connectivity index (χ1v) is 19.1. The molecule has 0 saturated heterocycles. The summed E-state index contributed by atoms with van der Waals surface area (Å²) in [6.07, 6.45) is 0. The van der Waals surface area contributed by atoms with Crippen LogP contribution in [0.2, 0.25) is 0 Å². The molecule has 0 atom stereocenters. The van der Waals surface area contributed by atoms with Gasteiger partial charge in [0, 0.05) is 33.7 Å². The van der Waals surface area contributed by atoms with Crippen molar-refractivity contribution in [3.8, 4) is 44.5 Å². The Morgan fingerprint density at radius 2 is 1.20 bits per heavy atom. The van der Waals surface area contributed by atoms with Gasteiger partial charge < -0.3 is 4.90 Å². The maximum absolute atomic E-state index is 2.54. The van der Waals surface area contributed by atoms with Crippen molar-refractivity contribution in [2.24, 2.45) is 0 Å². The first kappa shape index (κ1) is 29.2. The molecule has 8 aromatic rings. The lowest BCUT2D eigenvalue weighted by Gasteiger charge is -2.30. The van der Waals surface area contributed by atoms with Gasteiger partial charge >= 0.3 is 0 Å². The molecule has 2 aliphatic carbocycles. The quantitative estimate of drug-likeness (QED) is 0.183. The molecule has 242 valence electrons. The Balaban J connectivity index is 1.24. The summed E-state index contributed by atoms with van der Waals surface area (Å²) in [5.74, 6) is 2.14. The Hall–Kier alpha value is -5.57. The van der Waals surface area contributed by atoms with E-state index in [4.69, 9.17) is 0 Å². The van der Waals surface area contributed by atoms with Crippen LogP contribution in [0.5, 0.6) is 0 Å². The van der Waals surface area contributed by atoms with Gasteiger partial charge in [0.05, 0.1) is 5.69 Å². The normalized spacial score (nSPS) is 14.4. The van der Waals surface area contributed by atoms with Crippen LogP contribution in [0.1, 0.15) is 36.1 Å². The highest BCUT2D eigenvalue weighted by Gasteiger charge is 2.38. The van der Waals surface area contributed by atoms with Crippen LogP contribution >= 0.6 is 11.8 Å². The maximum atomic E-state index is 2.54. The first-order valence-electron chi connectivity index (χ1n) is 18.0. The number of anilines is 3. The second kappa shape index (κ2) is 10.7. The maximum Gasteiger partial charge on any atom is 0.0540 e. The lowest BCUT2D eigenvalue weighted by molar-refractivity contribution is 0.660. The van der Waals surface area contributed by atoms with Crippen molar-refractivity contribution in [2.45, 2.75) is 30.8 Å². The molecule has 0 fully saturated rings. The zero-order valence-electron chi connectivity index (χ0n) is 28.7. The highest BCUT2D eigenvalue weighted by Crippen LogP contribution is 2.57. The second-order valence-corrected chi connectivity index (χ2v) is 15.8. The Bertz CT molecular complexity index is 2740. The molecule has 1 heterocycles. The summed E-state index contributed by atoms with van der Waals surface area (Å²) in [5, 5.41) is 5.11. The van der Waals surface area contributed by atoms with Gasteiger partial charge in [-0.15, -0.1) is 0 Å². The molecular formula is C49H35NS. The van der Waals surface area contributed by atoms with E-state index in [0.29, 0.717) is 0 Å². The Morgan fingerprint density at radius 3 is 2.06 bits per heavy atom. The van der Waals surface area contributed by atoms with Gasteiger partial charge in [0.25, 0.3) is 0 Å². The topological polar surface area (TPSA) is 3.24 Å². The van der Waals surface area contributed by atoms with Gasteiger partial charge in [0.15, 0.2) is 0 Å². The van der Waals surface area contributed by atoms with Crippen molar-refractivity contribution in [1.82, 2.24) is 0 Å². The first-order chi connectivity index (χ1) is 25.1. The number of rotatable bonds is 4. The second-order valence-electron chi connectivity index (χ2n) is 14.8. The van der Waals surface area contributed by atoms with Crippen molar-refractivity contribution >= 4 is 50.4 Å². The van der Waals surface area contributed by atoms with Gasteiger partial charge in [-0.25, -0.2) is 0 Å². The molecule has 8 aromatic carbocycles. The van der Waals surface area contributed by atoms with Crippen LogP contribution in [-0.2, 0) is 16.9 Å². The summed E-state index contributed by atoms with van der Waals surface area (Å²) >= 11 is 2.03. The Kier molecular flexibility index (Phi) is 6.13. The molecule has 0 N–H and O–H groups in total. The predicted molar refractivity (Wildman–Crippen MR) is 219 cm³/mol. The largest absolute Gasteiger partial charge is 0.310 e. The average molecular weight is 670 g/mol. The monoisotopic (exact) mass is 669 g/mol. The minimum absolute atomic E-state index is 0.151. The number of hydrogen-bond acceptors (Lipinski definition) is 2. The molecule has 0 radical (unpaired) electrons. The summed E-state index contributed by atoms with van der Waals surface area (Å²) < 4.78 is 0. The van der Waals surface area contributed by atoms with E-state index >= 15 is 0 Å². The van der Waals surface area contributed by atoms with Crippen LogP contribution in [0.3, 0.4) is 0 Å². The summed E-state index contributed by atoms with van der Waals surface area (Å²) in [6.45, 7) is 4.82. The number of benzene rings is 8. The fourth-order valence-electron chi connectivity index (χ4n) is 9.33. The fourth-order valence-corrected chi connectivity index (χ4v) is 10.5. The van der Waals surface area contributed by atoms with Crippen LogP contribution < -0.4 is 4.90 Å². The molecule has 0 spiro atoms. The van der Waals surface area contributed by atoms with E-state index in [1.165, 1.54) is 99.7 Å². The SMILES string of the molecule is CC1(C)c2ccccc2-c2c(-c3cccc4c3CSC4)cc(N(c3ccc4ccccc4c3)c3ccc4c5c(cccc35)-c3ccccc3-4)cc21. The third-order valence-corrected chi connectivity index (χ3v) is 12.8. The molecule has 0 saturated carbocycles. The fraction of sp³-hybridized carbons (Fsp3) is 0.102. The lowest BCUT2D eigenvalue weighted by Crippen LogP contribution is -2.17. The summed E-state index contributed by atoms with van der Waals surface area (Å²) in [4.78, 5) is 2.54. The van der Waals surface area contributed by atoms with Crippen LogP contribution in [0, 0.1) is 0 Å². The molecule has 11 rings (SSSR count). The molecule has 51 heavy (non-hydrogen) atoms. The van der Waals surface area contributed by atoms with Gasteiger partial charge in [-0.2, -0.15) is 11.8 Å². The van der Waals surface area contributed by atoms with E-state index in [2.05, 4.69) is 170 Å². The predicted octanol–water partition coefficient (Wildman–Crippen LogP) is 13.8. The van der Waals surface area contributed by atoms with Crippen LogP contribution in [0.4, 0.5) is 17.1 Å². The third-order valence-electron chi connectivity index (χ3n) is 11.7. The van der Waals surface area contributed by atoms with Crippen LogP contribution in [0.15, 0.2) is 152 Å². The third kappa shape index (κ3) is 4.11. The van der Waals surface area contributed by atoms with Crippen molar-refractivity contribution in [3.05, 3.63) is 174 Å². The van der Waals surface area contributed by atoms with E-state index in [0.717, 1.165) is 17.2 Å². The number of fused-ring (bicyclic) bond motifs is 8. The highest BCUT2D eigenvalue weighted by molar-refractivity contribution is 7.98. The van der Waals surface area contributed by atoms with Crippen LogP contribution in [-0.4, -0.2) is 0 Å². The van der Waals surface area contributed by atoms with Crippen molar-refractivity contribution in [1.29, 1.82) is 0 Å². The summed E-state index contributed by atoms with van der Waals surface area (Å²) in [7, 11) is 0. The van der Waals surface area contributed by atoms with E-state index in [1.54, 1.807) is 0 Å². The lowest BCUT2D eigenvalue weighted by atomic mass is 9.81. The molecule has 0 aromatic heterocycles. The van der Waals surface area contributed by atoms with Crippen molar-refractivity contribution in [3.63, 3.8) is 0 Å². The minimum atomic E-state index is -0.151. The standard InChI is InChI=1S/C49H35NS/c1-49(2)44-20-8-7-16-40(44)48-42(37-17-9-13-32-28-51-29-43(32)37)26-34(27-45(48)49)50(33-22-21-30-11-3-4-12-31(30)25-33)46-24-23-39-36-15-6-5-14-35(36)38-18-10-19-41(46)47(38)39/h3-27H,28-29H2,1-2H3. The van der Waals surface area contributed by atoms with Crippen LogP contribution in [0.25, 0.3) is 66.1 Å². The molecule has 3 aliphatic rings. The Labute approximate surface area is 303 Å². The molecule has 0 unspecified atom stereocenters. The van der Waals surface area contributed by atoms with Gasteiger partial charge in [0.1, 0.15) is 0 Å². The summed E-state index contributed by atoms with van der Waals surface area (Å²) in [5.41, 5.74) is 19.9. The molecule has 1 nitrogen and oxygen atoms in total. The summed E-state index contributed by atoms with van der Waals surface area (Å²) in [6, 6.07) is 57.2. The van der Waals surface area contributed by atoms with Gasteiger partial charge in [-0.05, 0) is 113 Å². The minimum Gasteiger partial charge on any atom is -0.310 e. The average Bonchev–Trinajstić information content (AvgIpc) is 3.85. The number of thioether (sulfide) groups is 1. The van der Waals surface area contributed by atoms with Gasteiger partial charge in [-0.3, -0.25) is 0 Å². The van der Waals surface area contributed by atoms with Gasteiger partial charge in [0.2, 0.25) is 0 Å². The van der Waals surface area contributed by atoms with E-state index in [-0.39, 0.29) is 5.41 Å². The van der Waals surface area contributed by atoms with Crippen molar-refractivity contribution < 1.29 is 0 Å². The van der Waals surface area contributed by atoms with E-state index in [1.807, 2.05) is 11.8 Å². The molecule has 0 bridgehead atoms. The molecule has 2 heteroatoms. The highest BCUT2D eigenvalue weighted by atomic mass is 32.2.